The largest absolute Gasteiger partial charge is 0.487 e. The first-order valence-electron chi connectivity index (χ1n) is 7.43. The smallest absolute Gasteiger partial charge is 0.130 e. The molecule has 0 saturated heterocycles. The van der Waals surface area contributed by atoms with E-state index in [1.165, 1.54) is 5.56 Å². The van der Waals surface area contributed by atoms with Crippen LogP contribution >= 0.6 is 0 Å². The van der Waals surface area contributed by atoms with E-state index in [-0.39, 0.29) is 0 Å². The van der Waals surface area contributed by atoms with Gasteiger partial charge in [0.25, 0.3) is 0 Å². The Morgan fingerprint density at radius 3 is 2.57 bits per heavy atom. The number of rotatable bonds is 6. The van der Waals surface area contributed by atoms with Gasteiger partial charge in [-0.15, -0.1) is 0 Å². The Morgan fingerprint density at radius 1 is 1.10 bits per heavy atom. The molecule has 0 atom stereocenters. The number of nitrogens with one attached hydrogen (secondary N) is 1. The fourth-order valence-electron chi connectivity index (χ4n) is 2.13. The Labute approximate surface area is 127 Å². The average molecular weight is 284 g/mol. The molecule has 2 aromatic rings. The Hall–Kier alpha value is -1.87. The maximum Gasteiger partial charge on any atom is 0.130 e. The fraction of sp³-hybridized carbons (Fsp3) is 0.389. The first-order chi connectivity index (χ1) is 10.0. The van der Waals surface area contributed by atoms with E-state index in [4.69, 9.17) is 4.74 Å². The zero-order chi connectivity index (χ0) is 15.2. The van der Waals surface area contributed by atoms with Gasteiger partial charge in [-0.2, -0.15) is 0 Å². The number of hydrogen-bond donors (Lipinski definition) is 1. The van der Waals surface area contributed by atoms with E-state index in [9.17, 15) is 0 Å². The number of aromatic nitrogens is 1. The van der Waals surface area contributed by atoms with E-state index in [1.54, 1.807) is 0 Å². The lowest BCUT2D eigenvalue weighted by atomic mass is 10.1. The van der Waals surface area contributed by atoms with Gasteiger partial charge >= 0.3 is 0 Å². The summed E-state index contributed by atoms with van der Waals surface area (Å²) >= 11 is 0. The quantitative estimate of drug-likeness (QED) is 0.876. The molecule has 0 fully saturated rings. The molecule has 1 aromatic heterocycles. The molecule has 0 bridgehead atoms. The van der Waals surface area contributed by atoms with E-state index >= 15 is 0 Å². The summed E-state index contributed by atoms with van der Waals surface area (Å²) in [6, 6.07) is 12.8. The fourth-order valence-corrected chi connectivity index (χ4v) is 2.13. The van der Waals surface area contributed by atoms with E-state index in [0.717, 1.165) is 29.2 Å². The van der Waals surface area contributed by atoms with E-state index in [2.05, 4.69) is 50.1 Å². The van der Waals surface area contributed by atoms with E-state index in [0.29, 0.717) is 12.6 Å². The SMILES string of the molecule is Cc1ccc(OCc2cccc(CNC(C)C)n2)c(C)c1. The third-order valence-electron chi connectivity index (χ3n) is 3.26. The molecule has 1 N–H and O–H groups in total. The zero-order valence-electron chi connectivity index (χ0n) is 13.3. The van der Waals surface area contributed by atoms with Gasteiger partial charge in [0.2, 0.25) is 0 Å². The molecule has 1 heterocycles. The number of hydrogen-bond acceptors (Lipinski definition) is 3. The standard InChI is InChI=1S/C18H24N2O/c1-13(2)19-11-16-6-5-7-17(20-16)12-21-18-9-8-14(3)10-15(18)4/h5-10,13,19H,11-12H2,1-4H3. The molecule has 21 heavy (non-hydrogen) atoms. The molecule has 3 nitrogen and oxygen atoms in total. The summed E-state index contributed by atoms with van der Waals surface area (Å²) in [5.41, 5.74) is 4.41. The molecule has 0 radical (unpaired) electrons. The highest BCUT2D eigenvalue weighted by molar-refractivity contribution is 5.35. The minimum atomic E-state index is 0.460. The Bertz CT molecular complexity index is 594. The molecule has 0 aliphatic heterocycles. The topological polar surface area (TPSA) is 34.1 Å². The number of ether oxygens (including phenoxy) is 1. The van der Waals surface area contributed by atoms with Crippen molar-refractivity contribution in [2.24, 2.45) is 0 Å². The van der Waals surface area contributed by atoms with Gasteiger partial charge < -0.3 is 10.1 Å². The molecule has 0 saturated carbocycles. The van der Waals surface area contributed by atoms with Crippen molar-refractivity contribution in [1.29, 1.82) is 0 Å². The van der Waals surface area contributed by atoms with Crippen molar-refractivity contribution in [2.75, 3.05) is 0 Å². The van der Waals surface area contributed by atoms with Crippen molar-refractivity contribution < 1.29 is 4.74 Å². The average Bonchev–Trinajstić information content (AvgIpc) is 2.45. The normalized spacial score (nSPS) is 10.9. The molecule has 0 aliphatic rings. The van der Waals surface area contributed by atoms with Gasteiger partial charge in [-0.3, -0.25) is 4.98 Å². The lowest BCUT2D eigenvalue weighted by Crippen LogP contribution is -2.22. The highest BCUT2D eigenvalue weighted by Crippen LogP contribution is 2.19. The first-order valence-corrected chi connectivity index (χ1v) is 7.43. The van der Waals surface area contributed by atoms with Crippen molar-refractivity contribution in [3.8, 4) is 5.75 Å². The van der Waals surface area contributed by atoms with Crippen LogP contribution in [-0.2, 0) is 13.2 Å². The second kappa shape index (κ2) is 7.23. The lowest BCUT2D eigenvalue weighted by Gasteiger charge is -2.11. The summed E-state index contributed by atoms with van der Waals surface area (Å²) in [6.45, 7) is 9.71. The molecule has 1 aromatic carbocycles. The van der Waals surface area contributed by atoms with Gasteiger partial charge in [0.1, 0.15) is 12.4 Å². The summed E-state index contributed by atoms with van der Waals surface area (Å²) in [7, 11) is 0. The van der Waals surface area contributed by atoms with Crippen molar-refractivity contribution >= 4 is 0 Å². The Morgan fingerprint density at radius 2 is 1.86 bits per heavy atom. The van der Waals surface area contributed by atoms with Crippen LogP contribution in [0, 0.1) is 13.8 Å². The maximum atomic E-state index is 5.88. The van der Waals surface area contributed by atoms with Gasteiger partial charge in [-0.1, -0.05) is 37.6 Å². The third-order valence-corrected chi connectivity index (χ3v) is 3.26. The van der Waals surface area contributed by atoms with Crippen LogP contribution in [0.1, 0.15) is 36.4 Å². The number of aryl methyl sites for hydroxylation is 2. The second-order valence-corrected chi connectivity index (χ2v) is 5.71. The molecule has 112 valence electrons. The van der Waals surface area contributed by atoms with Gasteiger partial charge in [0, 0.05) is 12.6 Å². The van der Waals surface area contributed by atoms with Crippen LogP contribution in [-0.4, -0.2) is 11.0 Å². The second-order valence-electron chi connectivity index (χ2n) is 5.71. The summed E-state index contributed by atoms with van der Waals surface area (Å²) in [4.78, 5) is 4.62. The highest BCUT2D eigenvalue weighted by atomic mass is 16.5. The van der Waals surface area contributed by atoms with Gasteiger partial charge in [-0.25, -0.2) is 0 Å². The minimum Gasteiger partial charge on any atom is -0.487 e. The summed E-state index contributed by atoms with van der Waals surface area (Å²) in [5.74, 6) is 0.924. The predicted molar refractivity (Wildman–Crippen MR) is 86.5 cm³/mol. The molecule has 0 unspecified atom stereocenters. The summed E-state index contributed by atoms with van der Waals surface area (Å²) < 4.78 is 5.88. The van der Waals surface area contributed by atoms with Crippen molar-refractivity contribution in [3.05, 3.63) is 58.9 Å². The third kappa shape index (κ3) is 4.87. The predicted octanol–water partition coefficient (Wildman–Crippen LogP) is 3.78. The van der Waals surface area contributed by atoms with Crippen LogP contribution in [0.3, 0.4) is 0 Å². The van der Waals surface area contributed by atoms with Crippen LogP contribution in [0.15, 0.2) is 36.4 Å². The summed E-state index contributed by atoms with van der Waals surface area (Å²) in [5, 5.41) is 3.37. The zero-order valence-corrected chi connectivity index (χ0v) is 13.3. The van der Waals surface area contributed by atoms with E-state index in [1.807, 2.05) is 24.3 Å². The molecular formula is C18H24N2O. The highest BCUT2D eigenvalue weighted by Gasteiger charge is 2.03. The molecule has 0 amide bonds. The van der Waals surface area contributed by atoms with Gasteiger partial charge in [0.15, 0.2) is 0 Å². The van der Waals surface area contributed by atoms with Crippen LogP contribution < -0.4 is 10.1 Å². The van der Waals surface area contributed by atoms with Crippen LogP contribution in [0.4, 0.5) is 0 Å². The van der Waals surface area contributed by atoms with E-state index < -0.39 is 0 Å². The molecular weight excluding hydrogens is 260 g/mol. The molecule has 3 heteroatoms. The first kappa shape index (κ1) is 15.5. The van der Waals surface area contributed by atoms with Gasteiger partial charge in [0.05, 0.1) is 11.4 Å². The Balaban J connectivity index is 1.98. The summed E-state index contributed by atoms with van der Waals surface area (Å²) in [6.07, 6.45) is 0. The minimum absolute atomic E-state index is 0.460. The Kier molecular flexibility index (Phi) is 5.34. The number of nitrogens with zero attached hydrogens (tertiary/aromatic N) is 1. The van der Waals surface area contributed by atoms with Crippen LogP contribution in [0.25, 0.3) is 0 Å². The monoisotopic (exact) mass is 284 g/mol. The number of pyridine rings is 1. The molecule has 0 aliphatic carbocycles. The maximum absolute atomic E-state index is 5.88. The van der Waals surface area contributed by atoms with Crippen LogP contribution in [0.2, 0.25) is 0 Å². The lowest BCUT2D eigenvalue weighted by molar-refractivity contribution is 0.298. The van der Waals surface area contributed by atoms with Crippen molar-refractivity contribution in [1.82, 2.24) is 10.3 Å². The van der Waals surface area contributed by atoms with Crippen LogP contribution in [0.5, 0.6) is 5.75 Å². The van der Waals surface area contributed by atoms with Crippen molar-refractivity contribution in [3.63, 3.8) is 0 Å². The molecule has 0 spiro atoms. The molecule has 2 rings (SSSR count). The van der Waals surface area contributed by atoms with Crippen molar-refractivity contribution in [2.45, 2.75) is 46.9 Å². The number of benzene rings is 1. The van der Waals surface area contributed by atoms with Gasteiger partial charge in [-0.05, 0) is 37.6 Å².